The Morgan fingerprint density at radius 1 is 1.22 bits per heavy atom. The van der Waals surface area contributed by atoms with E-state index in [1.165, 1.54) is 17.3 Å². The maximum atomic E-state index is 12.3. The lowest BCUT2D eigenvalue weighted by Gasteiger charge is -2.12. The van der Waals surface area contributed by atoms with E-state index < -0.39 is 0 Å². The van der Waals surface area contributed by atoms with Gasteiger partial charge in [0.15, 0.2) is 0 Å². The highest BCUT2D eigenvalue weighted by Gasteiger charge is 2.16. The van der Waals surface area contributed by atoms with Gasteiger partial charge in [-0.15, -0.1) is 5.10 Å². The van der Waals surface area contributed by atoms with Crippen LogP contribution in [-0.4, -0.2) is 31.9 Å². The molecule has 0 aliphatic heterocycles. The summed E-state index contributed by atoms with van der Waals surface area (Å²) in [7, 11) is 0. The van der Waals surface area contributed by atoms with Gasteiger partial charge in [0, 0.05) is 0 Å². The average Bonchev–Trinajstić information content (AvgIpc) is 3.08. The first-order valence-electron chi connectivity index (χ1n) is 8.28. The summed E-state index contributed by atoms with van der Waals surface area (Å²) in [4.78, 5) is 12.3. The number of thioether (sulfide) groups is 1. The highest BCUT2D eigenvalue weighted by atomic mass is 32.2. The number of hydrogen-bond donors (Lipinski definition) is 1. The van der Waals surface area contributed by atoms with Crippen molar-refractivity contribution in [2.45, 2.75) is 25.9 Å². The van der Waals surface area contributed by atoms with Crippen molar-refractivity contribution >= 4 is 23.4 Å². The number of carbonyl (C=O) groups excluding carboxylic acids is 1. The van der Waals surface area contributed by atoms with Crippen molar-refractivity contribution in [1.82, 2.24) is 20.2 Å². The second kappa shape index (κ2) is 8.01. The lowest BCUT2D eigenvalue weighted by molar-refractivity contribution is -0.113. The third kappa shape index (κ3) is 4.15. The van der Waals surface area contributed by atoms with Gasteiger partial charge in [-0.3, -0.25) is 4.79 Å². The van der Waals surface area contributed by atoms with Crippen molar-refractivity contribution in [1.29, 1.82) is 5.26 Å². The summed E-state index contributed by atoms with van der Waals surface area (Å²) in [5.41, 5.74) is 5.14. The Morgan fingerprint density at radius 2 is 1.93 bits per heavy atom. The number of hydrogen-bond acceptors (Lipinski definition) is 6. The molecule has 0 saturated heterocycles. The molecule has 0 bridgehead atoms. The zero-order valence-corrected chi connectivity index (χ0v) is 16.0. The molecule has 136 valence electrons. The molecule has 0 aliphatic carbocycles. The van der Waals surface area contributed by atoms with E-state index in [0.29, 0.717) is 16.4 Å². The Balaban J connectivity index is 1.75. The number of nitriles is 1. The van der Waals surface area contributed by atoms with Crippen LogP contribution in [0.2, 0.25) is 0 Å². The van der Waals surface area contributed by atoms with E-state index >= 15 is 0 Å². The maximum Gasteiger partial charge on any atom is 0.234 e. The quantitative estimate of drug-likeness (QED) is 0.685. The van der Waals surface area contributed by atoms with Crippen molar-refractivity contribution in [3.05, 3.63) is 58.7 Å². The zero-order chi connectivity index (χ0) is 19.4. The Kier molecular flexibility index (Phi) is 5.52. The van der Waals surface area contributed by atoms with Crippen LogP contribution in [0.1, 0.15) is 22.3 Å². The van der Waals surface area contributed by atoms with Crippen LogP contribution in [-0.2, 0) is 4.79 Å². The van der Waals surface area contributed by atoms with Crippen LogP contribution in [0.15, 0.2) is 41.6 Å². The summed E-state index contributed by atoms with van der Waals surface area (Å²) in [5.74, 6) is -0.0982. The van der Waals surface area contributed by atoms with Crippen LogP contribution in [0.3, 0.4) is 0 Å². The van der Waals surface area contributed by atoms with Crippen molar-refractivity contribution in [3.63, 3.8) is 0 Å². The monoisotopic (exact) mass is 378 g/mol. The van der Waals surface area contributed by atoms with Crippen LogP contribution in [0.4, 0.5) is 5.69 Å². The molecule has 0 spiro atoms. The van der Waals surface area contributed by atoms with E-state index in [-0.39, 0.29) is 11.7 Å². The Hall–Kier alpha value is -3.18. The number of nitrogens with one attached hydrogen (secondary N) is 1. The molecule has 27 heavy (non-hydrogen) atoms. The zero-order valence-electron chi connectivity index (χ0n) is 15.2. The molecule has 2 aromatic carbocycles. The van der Waals surface area contributed by atoms with Gasteiger partial charge in [-0.25, -0.2) is 0 Å². The smallest absolute Gasteiger partial charge is 0.234 e. The fourth-order valence-corrected chi connectivity index (χ4v) is 3.60. The van der Waals surface area contributed by atoms with E-state index in [1.807, 2.05) is 20.8 Å². The molecule has 3 aromatic rings. The van der Waals surface area contributed by atoms with Crippen LogP contribution in [0.25, 0.3) is 5.69 Å². The van der Waals surface area contributed by atoms with Gasteiger partial charge in [0.1, 0.15) is 6.07 Å². The van der Waals surface area contributed by atoms with Crippen molar-refractivity contribution in [2.75, 3.05) is 11.1 Å². The number of tetrazole rings is 1. The summed E-state index contributed by atoms with van der Waals surface area (Å²) in [6, 6.07) is 13.1. The molecular weight excluding hydrogens is 360 g/mol. The number of nitrogens with zero attached hydrogens (tertiary/aromatic N) is 5. The van der Waals surface area contributed by atoms with E-state index in [4.69, 9.17) is 5.26 Å². The maximum absolute atomic E-state index is 12.3. The van der Waals surface area contributed by atoms with Gasteiger partial charge in [0.2, 0.25) is 11.1 Å². The van der Waals surface area contributed by atoms with Gasteiger partial charge < -0.3 is 5.32 Å². The van der Waals surface area contributed by atoms with E-state index in [2.05, 4.69) is 39.0 Å². The number of aryl methyl sites for hydroxylation is 3. The first-order chi connectivity index (χ1) is 13.0. The van der Waals surface area contributed by atoms with Crippen molar-refractivity contribution in [2.24, 2.45) is 0 Å². The highest BCUT2D eigenvalue weighted by Crippen LogP contribution is 2.25. The predicted octanol–water partition coefficient (Wildman–Crippen LogP) is 3.19. The number of carbonyl (C=O) groups is 1. The standard InChI is InChI=1S/C19H18N6OS/c1-12-8-13(2)18(14(3)9-12)25-19(22-23-24-25)27-11-17(26)21-16-7-5-4-6-15(16)10-20/h4-9H,11H2,1-3H3,(H,21,26). The third-order valence-corrected chi connectivity index (χ3v) is 4.86. The lowest BCUT2D eigenvalue weighted by Crippen LogP contribution is -2.15. The van der Waals surface area contributed by atoms with Gasteiger partial charge in [-0.1, -0.05) is 41.6 Å². The number of para-hydroxylation sites is 1. The van der Waals surface area contributed by atoms with Crippen LogP contribution >= 0.6 is 11.8 Å². The molecule has 1 aromatic heterocycles. The molecule has 1 N–H and O–H groups in total. The fourth-order valence-electron chi connectivity index (χ4n) is 2.92. The molecule has 8 heteroatoms. The Labute approximate surface area is 161 Å². The minimum Gasteiger partial charge on any atom is -0.324 e. The highest BCUT2D eigenvalue weighted by molar-refractivity contribution is 7.99. The second-order valence-electron chi connectivity index (χ2n) is 6.11. The SMILES string of the molecule is Cc1cc(C)c(-n2nnnc2SCC(=O)Nc2ccccc2C#N)c(C)c1. The minimum absolute atomic E-state index is 0.129. The fraction of sp³-hybridized carbons (Fsp3) is 0.211. The molecule has 7 nitrogen and oxygen atoms in total. The number of benzene rings is 2. The van der Waals surface area contributed by atoms with Gasteiger partial charge in [-0.05, 0) is 54.5 Å². The normalized spacial score (nSPS) is 10.4. The van der Waals surface area contributed by atoms with Crippen molar-refractivity contribution in [3.8, 4) is 11.8 Å². The Bertz CT molecular complexity index is 1010. The van der Waals surface area contributed by atoms with Gasteiger partial charge in [-0.2, -0.15) is 9.94 Å². The molecule has 1 amide bonds. The number of aromatic nitrogens is 4. The molecule has 0 unspecified atom stereocenters. The summed E-state index contributed by atoms with van der Waals surface area (Å²) < 4.78 is 1.66. The summed E-state index contributed by atoms with van der Waals surface area (Å²) >= 11 is 1.24. The summed E-state index contributed by atoms with van der Waals surface area (Å²) in [6.45, 7) is 6.07. The number of anilines is 1. The molecule has 0 fully saturated rings. The van der Waals surface area contributed by atoms with Crippen LogP contribution in [0.5, 0.6) is 0 Å². The third-order valence-electron chi connectivity index (χ3n) is 3.94. The topological polar surface area (TPSA) is 96.5 Å². The first-order valence-corrected chi connectivity index (χ1v) is 9.26. The number of amides is 1. The molecule has 0 atom stereocenters. The largest absolute Gasteiger partial charge is 0.324 e. The number of rotatable bonds is 5. The van der Waals surface area contributed by atoms with Gasteiger partial charge >= 0.3 is 0 Å². The van der Waals surface area contributed by atoms with E-state index in [0.717, 1.165) is 16.8 Å². The second-order valence-corrected chi connectivity index (χ2v) is 7.06. The lowest BCUT2D eigenvalue weighted by atomic mass is 10.1. The molecular formula is C19H18N6OS. The van der Waals surface area contributed by atoms with Gasteiger partial charge in [0.05, 0.1) is 22.7 Å². The van der Waals surface area contributed by atoms with E-state index in [9.17, 15) is 4.79 Å². The minimum atomic E-state index is -0.227. The predicted molar refractivity (Wildman–Crippen MR) is 104 cm³/mol. The summed E-state index contributed by atoms with van der Waals surface area (Å²) in [6.07, 6.45) is 0. The average molecular weight is 378 g/mol. The molecule has 0 radical (unpaired) electrons. The molecule has 0 saturated carbocycles. The Morgan fingerprint density at radius 3 is 2.63 bits per heavy atom. The summed E-state index contributed by atoms with van der Waals surface area (Å²) in [5, 5.41) is 24.3. The molecule has 0 aliphatic rings. The first kappa shape index (κ1) is 18.6. The van der Waals surface area contributed by atoms with Gasteiger partial charge in [0.25, 0.3) is 0 Å². The van der Waals surface area contributed by atoms with Crippen LogP contribution in [0, 0.1) is 32.1 Å². The van der Waals surface area contributed by atoms with Crippen LogP contribution < -0.4 is 5.32 Å². The molecule has 3 rings (SSSR count). The molecule has 1 heterocycles. The van der Waals surface area contributed by atoms with E-state index in [1.54, 1.807) is 28.9 Å². The van der Waals surface area contributed by atoms with Crippen molar-refractivity contribution < 1.29 is 4.79 Å².